The minimum atomic E-state index is -4.45. The summed E-state index contributed by atoms with van der Waals surface area (Å²) in [6.45, 7) is -0.259. The van der Waals surface area contributed by atoms with Gasteiger partial charge in [-0.05, 0) is 18.6 Å². The van der Waals surface area contributed by atoms with Crippen LogP contribution in [0, 0.1) is 6.92 Å². The second-order valence-corrected chi connectivity index (χ2v) is 4.86. The van der Waals surface area contributed by atoms with Crippen LogP contribution < -0.4 is 0 Å². The smallest absolute Gasteiger partial charge is 0.401 e. The molecule has 5 nitrogen and oxygen atoms in total. The summed E-state index contributed by atoms with van der Waals surface area (Å²) in [6, 6.07) is 3.60. The molecule has 21 heavy (non-hydrogen) atoms. The molecule has 2 aromatic rings. The highest BCUT2D eigenvalue weighted by molar-refractivity contribution is 5.69. The van der Waals surface area contributed by atoms with E-state index in [0.717, 1.165) is 10.5 Å². The van der Waals surface area contributed by atoms with Crippen molar-refractivity contribution in [1.82, 2.24) is 14.3 Å². The third kappa shape index (κ3) is 4.45. The van der Waals surface area contributed by atoms with Crippen LogP contribution in [0.4, 0.5) is 13.2 Å². The highest BCUT2D eigenvalue weighted by atomic mass is 19.4. The van der Waals surface area contributed by atoms with Crippen LogP contribution in [0.2, 0.25) is 0 Å². The summed E-state index contributed by atoms with van der Waals surface area (Å²) in [5.41, 5.74) is 1.99. The largest absolute Gasteiger partial charge is 0.480 e. The van der Waals surface area contributed by atoms with Gasteiger partial charge in [0.25, 0.3) is 0 Å². The lowest BCUT2D eigenvalue weighted by molar-refractivity contribution is -0.154. The number of aryl methyl sites for hydroxylation is 1. The Bertz CT molecular complexity index is 652. The summed E-state index contributed by atoms with van der Waals surface area (Å²) < 4.78 is 39.1. The summed E-state index contributed by atoms with van der Waals surface area (Å²) >= 11 is 0. The summed E-state index contributed by atoms with van der Waals surface area (Å²) in [5, 5.41) is 8.70. The summed E-state index contributed by atoms with van der Waals surface area (Å²) in [6.07, 6.45) is -1.05. The molecule has 0 radical (unpaired) electrons. The number of imidazole rings is 1. The molecular formula is C13H14F3N3O2. The fraction of sp³-hybridized carbons (Fsp3) is 0.385. The molecule has 0 amide bonds. The topological polar surface area (TPSA) is 57.8 Å². The molecule has 0 atom stereocenters. The highest BCUT2D eigenvalue weighted by Crippen LogP contribution is 2.18. The Balaban J connectivity index is 2.19. The Hall–Kier alpha value is -2.09. The van der Waals surface area contributed by atoms with Crippen molar-refractivity contribution in [2.24, 2.45) is 0 Å². The van der Waals surface area contributed by atoms with Gasteiger partial charge in [-0.1, -0.05) is 6.07 Å². The van der Waals surface area contributed by atoms with Gasteiger partial charge in [0.2, 0.25) is 0 Å². The first kappa shape index (κ1) is 15.3. The maximum Gasteiger partial charge on any atom is 0.401 e. The standard InChI is InChI=1S/C13H14F3N3O2/c1-9-2-3-11-17-10(6-19(11)4-9)5-18(7-12(20)21)8-13(14,15)16/h2-4,6H,5,7-8H2,1H3,(H,20,21). The van der Waals surface area contributed by atoms with Gasteiger partial charge in [0.05, 0.1) is 18.8 Å². The number of hydrogen-bond acceptors (Lipinski definition) is 3. The lowest BCUT2D eigenvalue weighted by Crippen LogP contribution is -2.37. The number of carboxylic acids is 1. The summed E-state index contributed by atoms with van der Waals surface area (Å²) in [7, 11) is 0. The van der Waals surface area contributed by atoms with Crippen molar-refractivity contribution < 1.29 is 23.1 Å². The van der Waals surface area contributed by atoms with Gasteiger partial charge in [-0.3, -0.25) is 9.69 Å². The molecule has 2 aromatic heterocycles. The number of carbonyl (C=O) groups is 1. The number of halogens is 3. The molecule has 8 heteroatoms. The average Bonchev–Trinajstić information content (AvgIpc) is 2.66. The minimum absolute atomic E-state index is 0.174. The van der Waals surface area contributed by atoms with Crippen LogP contribution in [0.5, 0.6) is 0 Å². The second-order valence-electron chi connectivity index (χ2n) is 4.86. The number of fused-ring (bicyclic) bond motifs is 1. The van der Waals surface area contributed by atoms with Crippen molar-refractivity contribution in [2.75, 3.05) is 13.1 Å². The number of rotatable bonds is 5. The predicted molar refractivity (Wildman–Crippen MR) is 68.9 cm³/mol. The van der Waals surface area contributed by atoms with E-state index in [9.17, 15) is 18.0 Å². The maximum atomic E-state index is 12.5. The number of alkyl halides is 3. The Morgan fingerprint density at radius 2 is 2.10 bits per heavy atom. The first-order chi connectivity index (χ1) is 9.73. The van der Waals surface area contributed by atoms with Gasteiger partial charge in [0.15, 0.2) is 0 Å². The lowest BCUT2D eigenvalue weighted by Gasteiger charge is -2.20. The first-order valence-corrected chi connectivity index (χ1v) is 6.18. The minimum Gasteiger partial charge on any atom is -0.480 e. The molecule has 1 N–H and O–H groups in total. The van der Waals surface area contributed by atoms with Gasteiger partial charge in [0, 0.05) is 18.9 Å². The van der Waals surface area contributed by atoms with Gasteiger partial charge in [-0.25, -0.2) is 4.98 Å². The van der Waals surface area contributed by atoms with Gasteiger partial charge in [-0.15, -0.1) is 0 Å². The molecule has 0 saturated heterocycles. The van der Waals surface area contributed by atoms with E-state index in [1.807, 2.05) is 13.0 Å². The number of nitrogens with zero attached hydrogens (tertiary/aromatic N) is 3. The van der Waals surface area contributed by atoms with E-state index in [1.54, 1.807) is 22.9 Å². The maximum absolute atomic E-state index is 12.5. The number of pyridine rings is 1. The molecule has 0 saturated carbocycles. The van der Waals surface area contributed by atoms with Crippen LogP contribution in [-0.4, -0.2) is 44.6 Å². The van der Waals surface area contributed by atoms with Crippen LogP contribution >= 0.6 is 0 Å². The van der Waals surface area contributed by atoms with Crippen molar-refractivity contribution in [3.8, 4) is 0 Å². The number of aliphatic carboxylic acids is 1. The van der Waals surface area contributed by atoms with Crippen LogP contribution in [0.15, 0.2) is 24.5 Å². The average molecular weight is 301 g/mol. The Kier molecular flexibility index (Phi) is 4.17. The van der Waals surface area contributed by atoms with E-state index in [1.165, 1.54) is 0 Å². The summed E-state index contributed by atoms with van der Waals surface area (Å²) in [5.74, 6) is -1.31. The van der Waals surface area contributed by atoms with Crippen molar-refractivity contribution in [3.05, 3.63) is 35.8 Å². The van der Waals surface area contributed by atoms with E-state index in [4.69, 9.17) is 5.11 Å². The van der Waals surface area contributed by atoms with Gasteiger partial charge in [-0.2, -0.15) is 13.2 Å². The SMILES string of the molecule is Cc1ccc2nc(CN(CC(=O)O)CC(F)(F)F)cn2c1. The Morgan fingerprint density at radius 1 is 1.38 bits per heavy atom. The Labute approximate surface area is 118 Å². The van der Waals surface area contributed by atoms with E-state index in [2.05, 4.69) is 4.98 Å². The summed E-state index contributed by atoms with van der Waals surface area (Å²) in [4.78, 5) is 15.7. The van der Waals surface area contributed by atoms with E-state index in [0.29, 0.717) is 11.3 Å². The number of hydrogen-bond donors (Lipinski definition) is 1. The number of aromatic nitrogens is 2. The molecule has 2 heterocycles. The number of carboxylic acid groups (broad SMARTS) is 1. The fourth-order valence-corrected chi connectivity index (χ4v) is 2.07. The lowest BCUT2D eigenvalue weighted by atomic mass is 10.3. The van der Waals surface area contributed by atoms with Crippen molar-refractivity contribution in [2.45, 2.75) is 19.6 Å². The fourth-order valence-electron chi connectivity index (χ4n) is 2.07. The molecule has 0 aliphatic heterocycles. The van der Waals surface area contributed by atoms with Crippen LogP contribution in [0.25, 0.3) is 5.65 Å². The second kappa shape index (κ2) is 5.72. The van der Waals surface area contributed by atoms with Crippen LogP contribution in [-0.2, 0) is 11.3 Å². The molecule has 0 aliphatic carbocycles. The zero-order valence-electron chi connectivity index (χ0n) is 11.3. The molecule has 114 valence electrons. The van der Waals surface area contributed by atoms with Gasteiger partial charge >= 0.3 is 12.1 Å². The van der Waals surface area contributed by atoms with Crippen LogP contribution in [0.1, 0.15) is 11.3 Å². The van der Waals surface area contributed by atoms with Gasteiger partial charge in [0.1, 0.15) is 5.65 Å². The Morgan fingerprint density at radius 3 is 2.71 bits per heavy atom. The molecule has 0 spiro atoms. The van der Waals surface area contributed by atoms with Crippen molar-refractivity contribution >= 4 is 11.6 Å². The zero-order valence-corrected chi connectivity index (χ0v) is 11.3. The first-order valence-electron chi connectivity index (χ1n) is 6.18. The quantitative estimate of drug-likeness (QED) is 0.919. The van der Waals surface area contributed by atoms with Gasteiger partial charge < -0.3 is 9.51 Å². The molecule has 0 aromatic carbocycles. The van der Waals surface area contributed by atoms with E-state index < -0.39 is 25.2 Å². The highest BCUT2D eigenvalue weighted by Gasteiger charge is 2.31. The molecule has 0 unspecified atom stereocenters. The zero-order chi connectivity index (χ0) is 15.6. The predicted octanol–water partition coefficient (Wildman–Crippen LogP) is 2.09. The van der Waals surface area contributed by atoms with E-state index in [-0.39, 0.29) is 6.54 Å². The molecule has 0 fully saturated rings. The molecule has 0 bridgehead atoms. The normalized spacial score (nSPS) is 12.2. The molecule has 0 aliphatic rings. The van der Waals surface area contributed by atoms with Crippen molar-refractivity contribution in [1.29, 1.82) is 0 Å². The van der Waals surface area contributed by atoms with E-state index >= 15 is 0 Å². The van der Waals surface area contributed by atoms with Crippen molar-refractivity contribution in [3.63, 3.8) is 0 Å². The third-order valence-corrected chi connectivity index (χ3v) is 2.80. The third-order valence-electron chi connectivity index (χ3n) is 2.80. The molecular weight excluding hydrogens is 287 g/mol. The molecule has 2 rings (SSSR count). The van der Waals surface area contributed by atoms with Crippen LogP contribution in [0.3, 0.4) is 0 Å². The monoisotopic (exact) mass is 301 g/mol.